The molecule has 6 heteroatoms. The number of hydrogen-bond donors (Lipinski definition) is 3. The summed E-state index contributed by atoms with van der Waals surface area (Å²) < 4.78 is 11.0. The van der Waals surface area contributed by atoms with Gasteiger partial charge in [-0.05, 0) is 66.6 Å². The van der Waals surface area contributed by atoms with Crippen molar-refractivity contribution in [3.8, 4) is 28.4 Å². The number of rotatable bonds is 7. The Bertz CT molecular complexity index is 950. The van der Waals surface area contributed by atoms with Gasteiger partial charge in [0.1, 0.15) is 22.8 Å². The quantitative estimate of drug-likeness (QED) is 0.569. The van der Waals surface area contributed by atoms with E-state index < -0.39 is 18.1 Å². The van der Waals surface area contributed by atoms with E-state index in [1.54, 1.807) is 31.4 Å². The molecule has 0 aliphatic heterocycles. The zero-order valence-electron chi connectivity index (χ0n) is 16.4. The molecule has 0 aromatic heterocycles. The molecule has 0 bridgehead atoms. The number of aliphatic hydroxyl groups is 1. The molecule has 150 valence electrons. The van der Waals surface area contributed by atoms with Crippen molar-refractivity contribution in [1.82, 2.24) is 0 Å². The summed E-state index contributed by atoms with van der Waals surface area (Å²) in [6.45, 7) is 1.03. The van der Waals surface area contributed by atoms with Gasteiger partial charge in [-0.2, -0.15) is 0 Å². The van der Waals surface area contributed by atoms with E-state index in [0.717, 1.165) is 16.9 Å². The summed E-state index contributed by atoms with van der Waals surface area (Å²) in [7, 11) is 1.64. The van der Waals surface area contributed by atoms with Crippen molar-refractivity contribution in [2.24, 2.45) is 5.73 Å². The first kappa shape index (κ1) is 20.4. The van der Waals surface area contributed by atoms with Gasteiger partial charge in [-0.25, -0.2) is 0 Å². The third-order valence-corrected chi connectivity index (χ3v) is 4.47. The highest BCUT2D eigenvalue weighted by Gasteiger charge is 2.27. The second kappa shape index (κ2) is 8.77. The van der Waals surface area contributed by atoms with Gasteiger partial charge in [-0.1, -0.05) is 24.3 Å². The molecule has 0 fully saturated rings. The van der Waals surface area contributed by atoms with Crippen LogP contribution in [0.15, 0.2) is 72.8 Å². The van der Waals surface area contributed by atoms with Crippen LogP contribution in [0.2, 0.25) is 0 Å². The van der Waals surface area contributed by atoms with Gasteiger partial charge in [-0.15, -0.1) is 0 Å². The van der Waals surface area contributed by atoms with Crippen LogP contribution >= 0.6 is 0 Å². The van der Waals surface area contributed by atoms with Crippen LogP contribution < -0.4 is 20.5 Å². The van der Waals surface area contributed by atoms with Crippen LogP contribution in [-0.4, -0.2) is 30.3 Å². The standard InChI is InChI=1S/C23H24N2O4/c1-23(24,15-26)22(27)25-18-7-13-21(14-8-18)29-20-11-5-17(6-12-20)16-3-9-19(28-2)10-4-16/h3-14,26H,15,24H2,1-2H3,(H,25,27)/t23-/m0/s1. The second-order valence-corrected chi connectivity index (χ2v) is 6.91. The average molecular weight is 392 g/mol. The molecule has 3 aromatic rings. The molecule has 0 aliphatic carbocycles. The van der Waals surface area contributed by atoms with Crippen LogP contribution in [0.1, 0.15) is 6.92 Å². The van der Waals surface area contributed by atoms with Crippen molar-refractivity contribution < 1.29 is 19.4 Å². The molecule has 0 unspecified atom stereocenters. The fourth-order valence-electron chi connectivity index (χ4n) is 2.59. The summed E-state index contributed by atoms with van der Waals surface area (Å²) in [6.07, 6.45) is 0. The topological polar surface area (TPSA) is 93.8 Å². The van der Waals surface area contributed by atoms with Gasteiger partial charge < -0.3 is 25.6 Å². The maximum atomic E-state index is 12.0. The van der Waals surface area contributed by atoms with Gasteiger partial charge in [0.2, 0.25) is 5.91 Å². The average Bonchev–Trinajstić information content (AvgIpc) is 2.75. The third-order valence-electron chi connectivity index (χ3n) is 4.47. The Balaban J connectivity index is 1.63. The summed E-state index contributed by atoms with van der Waals surface area (Å²) in [5, 5.41) is 11.8. The SMILES string of the molecule is COc1ccc(-c2ccc(Oc3ccc(NC(=O)[C@@](C)(N)CO)cc3)cc2)cc1. The van der Waals surface area contributed by atoms with Crippen molar-refractivity contribution in [2.45, 2.75) is 12.5 Å². The monoisotopic (exact) mass is 392 g/mol. The summed E-state index contributed by atoms with van der Waals surface area (Å²) in [6, 6.07) is 22.6. The minimum Gasteiger partial charge on any atom is -0.497 e. The van der Waals surface area contributed by atoms with Crippen LogP contribution in [0.3, 0.4) is 0 Å². The number of carbonyl (C=O) groups excluding carboxylic acids is 1. The first-order valence-corrected chi connectivity index (χ1v) is 9.15. The normalized spacial score (nSPS) is 12.7. The number of anilines is 1. The molecule has 1 amide bonds. The lowest BCUT2D eigenvalue weighted by Gasteiger charge is -2.20. The number of carbonyl (C=O) groups is 1. The number of methoxy groups -OCH3 is 1. The van der Waals surface area contributed by atoms with Crippen LogP contribution in [-0.2, 0) is 4.79 Å². The van der Waals surface area contributed by atoms with Gasteiger partial charge in [0, 0.05) is 5.69 Å². The number of aliphatic hydroxyl groups excluding tert-OH is 1. The van der Waals surface area contributed by atoms with Crippen molar-refractivity contribution in [1.29, 1.82) is 0 Å². The number of ether oxygens (including phenoxy) is 2. The first-order chi connectivity index (χ1) is 13.9. The van der Waals surface area contributed by atoms with Crippen molar-refractivity contribution >= 4 is 11.6 Å². The Morgan fingerprint density at radius 3 is 1.79 bits per heavy atom. The molecule has 3 rings (SSSR count). The van der Waals surface area contributed by atoms with Gasteiger partial charge in [0.15, 0.2) is 0 Å². The van der Waals surface area contributed by atoms with E-state index in [-0.39, 0.29) is 0 Å². The molecule has 1 atom stereocenters. The van der Waals surface area contributed by atoms with Crippen molar-refractivity contribution in [2.75, 3.05) is 19.0 Å². The molecule has 4 N–H and O–H groups in total. The van der Waals surface area contributed by atoms with Crippen molar-refractivity contribution in [3.05, 3.63) is 72.8 Å². The zero-order valence-corrected chi connectivity index (χ0v) is 16.4. The Morgan fingerprint density at radius 2 is 1.34 bits per heavy atom. The molecule has 0 radical (unpaired) electrons. The first-order valence-electron chi connectivity index (χ1n) is 9.15. The lowest BCUT2D eigenvalue weighted by molar-refractivity contribution is -0.121. The fourth-order valence-corrected chi connectivity index (χ4v) is 2.59. The lowest BCUT2D eigenvalue weighted by atomic mass is 10.0. The molecule has 0 aliphatic rings. The number of amides is 1. The van der Waals surface area contributed by atoms with E-state index in [1.807, 2.05) is 48.5 Å². The van der Waals surface area contributed by atoms with E-state index >= 15 is 0 Å². The molecule has 0 heterocycles. The zero-order chi connectivity index (χ0) is 20.9. The van der Waals surface area contributed by atoms with Gasteiger partial charge >= 0.3 is 0 Å². The number of hydrogen-bond acceptors (Lipinski definition) is 5. The van der Waals surface area contributed by atoms with Crippen LogP contribution in [0.25, 0.3) is 11.1 Å². The smallest absolute Gasteiger partial charge is 0.246 e. The second-order valence-electron chi connectivity index (χ2n) is 6.91. The molecule has 0 saturated carbocycles. The Morgan fingerprint density at radius 1 is 0.897 bits per heavy atom. The van der Waals surface area contributed by atoms with Crippen LogP contribution in [0.5, 0.6) is 17.2 Å². The Labute approximate surface area is 169 Å². The van der Waals surface area contributed by atoms with Crippen LogP contribution in [0.4, 0.5) is 5.69 Å². The summed E-state index contributed by atoms with van der Waals surface area (Å²) in [5.74, 6) is 1.70. The highest BCUT2D eigenvalue weighted by molar-refractivity contribution is 5.97. The predicted molar refractivity (Wildman–Crippen MR) is 113 cm³/mol. The number of nitrogens with one attached hydrogen (secondary N) is 1. The summed E-state index contributed by atoms with van der Waals surface area (Å²) in [5.41, 5.74) is 7.12. The molecule has 0 spiro atoms. The summed E-state index contributed by atoms with van der Waals surface area (Å²) >= 11 is 0. The Kier molecular flexibility index (Phi) is 6.16. The Hall–Kier alpha value is -3.35. The van der Waals surface area contributed by atoms with Gasteiger partial charge in [0.05, 0.1) is 13.7 Å². The fraction of sp³-hybridized carbons (Fsp3) is 0.174. The van der Waals surface area contributed by atoms with Gasteiger partial charge in [-0.3, -0.25) is 4.79 Å². The molecule has 6 nitrogen and oxygen atoms in total. The molecule has 0 saturated heterocycles. The number of benzene rings is 3. The highest BCUT2D eigenvalue weighted by atomic mass is 16.5. The minimum absolute atomic E-state index is 0.438. The predicted octanol–water partition coefficient (Wildman–Crippen LogP) is 3.80. The lowest BCUT2D eigenvalue weighted by Crippen LogP contribution is -2.51. The highest BCUT2D eigenvalue weighted by Crippen LogP contribution is 2.27. The van der Waals surface area contributed by atoms with E-state index in [2.05, 4.69) is 5.32 Å². The summed E-state index contributed by atoms with van der Waals surface area (Å²) in [4.78, 5) is 12.0. The molecular weight excluding hydrogens is 368 g/mol. The maximum Gasteiger partial charge on any atom is 0.246 e. The molecular formula is C23H24N2O4. The van der Waals surface area contributed by atoms with Gasteiger partial charge in [0.25, 0.3) is 0 Å². The largest absolute Gasteiger partial charge is 0.497 e. The van der Waals surface area contributed by atoms with E-state index in [9.17, 15) is 4.79 Å². The maximum absolute atomic E-state index is 12.0. The minimum atomic E-state index is -1.33. The van der Waals surface area contributed by atoms with E-state index in [4.69, 9.17) is 20.3 Å². The molecule has 29 heavy (non-hydrogen) atoms. The van der Waals surface area contributed by atoms with Crippen molar-refractivity contribution in [3.63, 3.8) is 0 Å². The van der Waals surface area contributed by atoms with E-state index in [0.29, 0.717) is 17.2 Å². The molecule has 3 aromatic carbocycles. The van der Waals surface area contributed by atoms with Crippen LogP contribution in [0, 0.1) is 0 Å². The third kappa shape index (κ3) is 5.13. The van der Waals surface area contributed by atoms with E-state index in [1.165, 1.54) is 6.92 Å². The number of nitrogens with two attached hydrogens (primary N) is 1.